The standard InChI is InChI=1S/C21H24N4O7S/c1-10(27)23-15-18(29)17(28)14(9-26)32-20(15)25-16(11-4-6-12(31-2)7-5-11)13(8-22)19(30)24-21(25)33-3/h4-7,14-15,17-18,20,26,28-29H,9H2,1-3H3,(H,23,27)/t14-,15-,17-,18-,20-/m1/s1. The Morgan fingerprint density at radius 1 is 1.33 bits per heavy atom. The number of rotatable bonds is 6. The number of nitriles is 1. The molecule has 1 aromatic heterocycles. The third kappa shape index (κ3) is 4.73. The Morgan fingerprint density at radius 3 is 2.52 bits per heavy atom. The van der Waals surface area contributed by atoms with Gasteiger partial charge in [-0.05, 0) is 30.5 Å². The summed E-state index contributed by atoms with van der Waals surface area (Å²) in [5.74, 6) is 0.0442. The predicted molar refractivity (Wildman–Crippen MR) is 118 cm³/mol. The van der Waals surface area contributed by atoms with E-state index in [2.05, 4.69) is 10.3 Å². The number of amides is 1. The van der Waals surface area contributed by atoms with Crippen LogP contribution in [0.2, 0.25) is 0 Å². The van der Waals surface area contributed by atoms with Gasteiger partial charge < -0.3 is 30.1 Å². The zero-order chi connectivity index (χ0) is 24.3. The number of benzene rings is 1. The average Bonchev–Trinajstić information content (AvgIpc) is 2.81. The molecule has 33 heavy (non-hydrogen) atoms. The van der Waals surface area contributed by atoms with Crippen molar-refractivity contribution in [1.82, 2.24) is 14.9 Å². The number of aliphatic hydroxyl groups excluding tert-OH is 3. The summed E-state index contributed by atoms with van der Waals surface area (Å²) in [5, 5.41) is 43.3. The molecule has 2 aromatic rings. The molecule has 1 aliphatic rings. The van der Waals surface area contributed by atoms with E-state index in [0.29, 0.717) is 11.3 Å². The molecular weight excluding hydrogens is 452 g/mol. The lowest BCUT2D eigenvalue weighted by atomic mass is 9.95. The summed E-state index contributed by atoms with van der Waals surface area (Å²) < 4.78 is 12.5. The topological polar surface area (TPSA) is 167 Å². The van der Waals surface area contributed by atoms with Crippen molar-refractivity contribution in [3.05, 3.63) is 40.2 Å². The van der Waals surface area contributed by atoms with Crippen molar-refractivity contribution < 1.29 is 29.6 Å². The van der Waals surface area contributed by atoms with Gasteiger partial charge in [0.05, 0.1) is 19.4 Å². The Balaban J connectivity index is 2.33. The van der Waals surface area contributed by atoms with Crippen LogP contribution in [0.1, 0.15) is 18.7 Å². The van der Waals surface area contributed by atoms with E-state index in [4.69, 9.17) is 9.47 Å². The van der Waals surface area contributed by atoms with Gasteiger partial charge in [-0.15, -0.1) is 0 Å². The number of carbonyl (C=O) groups is 1. The van der Waals surface area contributed by atoms with Gasteiger partial charge in [-0.1, -0.05) is 11.8 Å². The molecule has 1 saturated heterocycles. The summed E-state index contributed by atoms with van der Waals surface area (Å²) in [6, 6.07) is 7.27. The van der Waals surface area contributed by atoms with Gasteiger partial charge in [-0.2, -0.15) is 10.2 Å². The molecule has 2 heterocycles. The minimum absolute atomic E-state index is 0.144. The van der Waals surface area contributed by atoms with E-state index in [1.807, 2.05) is 6.07 Å². The quantitative estimate of drug-likeness (QED) is 0.319. The fourth-order valence-corrected chi connectivity index (χ4v) is 4.30. The maximum atomic E-state index is 12.7. The Kier molecular flexibility index (Phi) is 7.72. The highest BCUT2D eigenvalue weighted by Crippen LogP contribution is 2.36. The van der Waals surface area contributed by atoms with E-state index in [0.717, 1.165) is 11.8 Å². The number of carbonyl (C=O) groups excluding carboxylic acids is 1. The third-order valence-electron chi connectivity index (χ3n) is 5.28. The van der Waals surface area contributed by atoms with Crippen LogP contribution in [0, 0.1) is 11.3 Å². The van der Waals surface area contributed by atoms with Crippen molar-refractivity contribution in [2.24, 2.45) is 0 Å². The van der Waals surface area contributed by atoms with Crippen LogP contribution in [-0.4, -0.2) is 75.1 Å². The predicted octanol–water partition coefficient (Wildman–Crippen LogP) is -0.371. The zero-order valence-electron chi connectivity index (χ0n) is 18.1. The first kappa shape index (κ1) is 24.7. The van der Waals surface area contributed by atoms with Crippen LogP contribution in [0.4, 0.5) is 0 Å². The van der Waals surface area contributed by atoms with Crippen LogP contribution in [0.5, 0.6) is 5.75 Å². The highest BCUT2D eigenvalue weighted by Gasteiger charge is 2.47. The molecule has 4 N–H and O–H groups in total. The summed E-state index contributed by atoms with van der Waals surface area (Å²) in [6.07, 6.45) is -3.77. The number of hydrogen-bond acceptors (Lipinski definition) is 10. The molecule has 0 saturated carbocycles. The van der Waals surface area contributed by atoms with Crippen molar-refractivity contribution in [3.8, 4) is 23.1 Å². The zero-order valence-corrected chi connectivity index (χ0v) is 18.9. The minimum atomic E-state index is -1.52. The molecule has 1 amide bonds. The van der Waals surface area contributed by atoms with Gasteiger partial charge in [-0.25, -0.2) is 0 Å². The molecule has 0 bridgehead atoms. The van der Waals surface area contributed by atoms with Crippen molar-refractivity contribution in [1.29, 1.82) is 5.26 Å². The molecule has 176 valence electrons. The van der Waals surface area contributed by atoms with Gasteiger partial charge >= 0.3 is 0 Å². The molecule has 0 aliphatic carbocycles. The summed E-state index contributed by atoms with van der Waals surface area (Å²) in [4.78, 5) is 28.5. The Bertz CT molecular complexity index is 1120. The highest BCUT2D eigenvalue weighted by atomic mass is 32.2. The molecule has 0 radical (unpaired) electrons. The van der Waals surface area contributed by atoms with Gasteiger partial charge in [0.2, 0.25) is 5.91 Å². The van der Waals surface area contributed by atoms with Gasteiger partial charge in [0, 0.05) is 12.5 Å². The Labute approximate surface area is 193 Å². The van der Waals surface area contributed by atoms with Crippen molar-refractivity contribution in [2.45, 2.75) is 42.7 Å². The normalized spacial score (nSPS) is 24.7. The van der Waals surface area contributed by atoms with E-state index in [-0.39, 0.29) is 16.4 Å². The molecule has 5 atom stereocenters. The monoisotopic (exact) mass is 476 g/mol. The second-order valence-corrected chi connectivity index (χ2v) is 8.07. The summed E-state index contributed by atoms with van der Waals surface area (Å²) in [7, 11) is 1.50. The molecule has 0 spiro atoms. The maximum absolute atomic E-state index is 12.7. The largest absolute Gasteiger partial charge is 0.497 e. The molecule has 1 fully saturated rings. The number of nitrogens with one attached hydrogen (secondary N) is 1. The molecule has 3 rings (SSSR count). The van der Waals surface area contributed by atoms with Gasteiger partial charge in [-0.3, -0.25) is 14.2 Å². The Hall–Kier alpha value is -2.95. The average molecular weight is 477 g/mol. The highest BCUT2D eigenvalue weighted by molar-refractivity contribution is 7.98. The number of hydrogen-bond donors (Lipinski definition) is 4. The number of aliphatic hydroxyl groups is 3. The lowest BCUT2D eigenvalue weighted by Gasteiger charge is -2.44. The fraction of sp³-hybridized carbons (Fsp3) is 0.429. The van der Waals surface area contributed by atoms with Gasteiger partial charge in [0.1, 0.15) is 41.7 Å². The molecular formula is C21H24N4O7S. The molecule has 1 aliphatic heterocycles. The number of aromatic nitrogens is 2. The summed E-state index contributed by atoms with van der Waals surface area (Å²) in [5.41, 5.74) is -0.432. The smallest absolute Gasteiger partial charge is 0.292 e. The van der Waals surface area contributed by atoms with E-state index >= 15 is 0 Å². The van der Waals surface area contributed by atoms with Crippen LogP contribution in [-0.2, 0) is 9.53 Å². The van der Waals surface area contributed by atoms with Gasteiger partial charge in [0.15, 0.2) is 11.4 Å². The Morgan fingerprint density at radius 2 is 2.00 bits per heavy atom. The van der Waals surface area contributed by atoms with E-state index in [9.17, 15) is 30.2 Å². The number of ether oxygens (including phenoxy) is 2. The van der Waals surface area contributed by atoms with E-state index in [1.54, 1.807) is 30.5 Å². The van der Waals surface area contributed by atoms with Crippen molar-refractivity contribution in [3.63, 3.8) is 0 Å². The molecule has 1 aromatic carbocycles. The van der Waals surface area contributed by atoms with Gasteiger partial charge in [0.25, 0.3) is 5.56 Å². The summed E-state index contributed by atoms with van der Waals surface area (Å²) in [6.45, 7) is 0.616. The first-order valence-corrected chi connectivity index (χ1v) is 11.1. The first-order chi connectivity index (χ1) is 15.8. The minimum Gasteiger partial charge on any atom is -0.497 e. The number of thioether (sulfide) groups is 1. The van der Waals surface area contributed by atoms with Crippen LogP contribution in [0.3, 0.4) is 0 Å². The van der Waals surface area contributed by atoms with Crippen molar-refractivity contribution >= 4 is 17.7 Å². The lowest BCUT2D eigenvalue weighted by molar-refractivity contribution is -0.218. The second kappa shape index (κ2) is 10.3. The van der Waals surface area contributed by atoms with Crippen molar-refractivity contribution in [2.75, 3.05) is 20.0 Å². The lowest BCUT2D eigenvalue weighted by Crippen LogP contribution is -2.62. The van der Waals surface area contributed by atoms with Crippen LogP contribution >= 0.6 is 11.8 Å². The first-order valence-electron chi connectivity index (χ1n) is 9.91. The molecule has 0 unspecified atom stereocenters. The third-order valence-corrected chi connectivity index (χ3v) is 5.93. The van der Waals surface area contributed by atoms with E-state index < -0.39 is 48.7 Å². The fourth-order valence-electron chi connectivity index (χ4n) is 3.74. The molecule has 12 heteroatoms. The van der Waals surface area contributed by atoms with Crippen LogP contribution < -0.4 is 15.6 Å². The SMILES string of the molecule is COc1ccc(-c2c(C#N)c(=O)nc(SC)n2[C@@H]2O[C@H](CO)[C@@H](O)[C@H](O)[C@H]2NC(C)=O)cc1. The second-order valence-electron chi connectivity index (χ2n) is 7.29. The van der Waals surface area contributed by atoms with E-state index in [1.165, 1.54) is 18.6 Å². The maximum Gasteiger partial charge on any atom is 0.292 e. The van der Waals surface area contributed by atoms with Crippen LogP contribution in [0.25, 0.3) is 11.3 Å². The molecule has 11 nitrogen and oxygen atoms in total. The number of nitrogens with zero attached hydrogens (tertiary/aromatic N) is 3. The summed E-state index contributed by atoms with van der Waals surface area (Å²) >= 11 is 1.09. The number of methoxy groups -OCH3 is 1. The van der Waals surface area contributed by atoms with Crippen LogP contribution in [0.15, 0.2) is 34.2 Å².